The quantitative estimate of drug-likeness (QED) is 0.471. The van der Waals surface area contributed by atoms with Crippen LogP contribution in [0.25, 0.3) is 0 Å². The number of nitrogens with one attached hydrogen (secondary N) is 3. The van der Waals surface area contributed by atoms with Crippen LogP contribution in [-0.2, 0) is 13.0 Å². The molecule has 1 amide bonds. The minimum Gasteiger partial charge on any atom is -0.390 e. The van der Waals surface area contributed by atoms with Crippen molar-refractivity contribution in [1.29, 1.82) is 0 Å². The zero-order valence-electron chi connectivity index (χ0n) is 18.1. The van der Waals surface area contributed by atoms with E-state index in [0.717, 1.165) is 32.6 Å². The first kappa shape index (κ1) is 21.5. The summed E-state index contributed by atoms with van der Waals surface area (Å²) in [6.45, 7) is 4.16. The molecule has 1 atom stereocenters. The van der Waals surface area contributed by atoms with Crippen molar-refractivity contribution in [2.75, 3.05) is 57.0 Å². The monoisotopic (exact) mass is 425 g/mol. The van der Waals surface area contributed by atoms with E-state index in [2.05, 4.69) is 49.0 Å². The number of carbonyl (C=O) groups excluding carboxylic acids is 1. The number of benzene rings is 1. The van der Waals surface area contributed by atoms with Gasteiger partial charge in [-0.3, -0.25) is 9.69 Å². The number of nitrogens with zero attached hydrogens (tertiary/aromatic N) is 4. The third-order valence-electron chi connectivity index (χ3n) is 5.66. The number of hydrogen-bond acceptors (Lipinski definition) is 8. The molecule has 9 heteroatoms. The molecular formula is C22H31N7O2. The fourth-order valence-corrected chi connectivity index (χ4v) is 3.80. The number of aliphatic hydroxyl groups excluding tert-OH is 1. The second-order valence-corrected chi connectivity index (χ2v) is 8.45. The van der Waals surface area contributed by atoms with Crippen molar-refractivity contribution in [3.63, 3.8) is 0 Å². The van der Waals surface area contributed by atoms with Crippen LogP contribution >= 0.6 is 0 Å². The summed E-state index contributed by atoms with van der Waals surface area (Å²) in [5, 5.41) is 19.8. The summed E-state index contributed by atoms with van der Waals surface area (Å²) in [7, 11) is 3.68. The second-order valence-electron chi connectivity index (χ2n) is 8.45. The average molecular weight is 426 g/mol. The van der Waals surface area contributed by atoms with Gasteiger partial charge in [0.15, 0.2) is 0 Å². The van der Waals surface area contributed by atoms with Crippen LogP contribution < -0.4 is 20.9 Å². The summed E-state index contributed by atoms with van der Waals surface area (Å²) in [5.41, 5.74) is 2.97. The van der Waals surface area contributed by atoms with Crippen molar-refractivity contribution in [3.8, 4) is 0 Å². The molecule has 9 nitrogen and oxygen atoms in total. The first-order chi connectivity index (χ1) is 15.0. The lowest BCUT2D eigenvalue weighted by molar-refractivity contribution is 0.0838. The number of anilines is 2. The summed E-state index contributed by atoms with van der Waals surface area (Å²) < 4.78 is 0. The van der Waals surface area contributed by atoms with Crippen molar-refractivity contribution >= 4 is 17.7 Å². The van der Waals surface area contributed by atoms with Crippen LogP contribution in [-0.4, -0.2) is 84.8 Å². The second kappa shape index (κ2) is 9.59. The van der Waals surface area contributed by atoms with Gasteiger partial charge < -0.3 is 26.0 Å². The lowest BCUT2D eigenvalue weighted by Gasteiger charge is -2.30. The smallest absolute Gasteiger partial charge is 0.270 e. The molecule has 1 saturated heterocycles. The maximum absolute atomic E-state index is 12.7. The highest BCUT2D eigenvalue weighted by Gasteiger charge is 2.21. The maximum atomic E-state index is 12.7. The zero-order chi connectivity index (χ0) is 21.8. The maximum Gasteiger partial charge on any atom is 0.270 e. The molecule has 0 aliphatic carbocycles. The largest absolute Gasteiger partial charge is 0.390 e. The summed E-state index contributed by atoms with van der Waals surface area (Å²) in [6.07, 6.45) is 0.332. The molecule has 2 aliphatic rings. The van der Waals surface area contributed by atoms with E-state index in [-0.39, 0.29) is 18.1 Å². The average Bonchev–Trinajstić information content (AvgIpc) is 2.74. The van der Waals surface area contributed by atoms with Crippen LogP contribution in [0.3, 0.4) is 0 Å². The summed E-state index contributed by atoms with van der Waals surface area (Å²) in [4.78, 5) is 25.5. The van der Waals surface area contributed by atoms with Gasteiger partial charge >= 0.3 is 0 Å². The van der Waals surface area contributed by atoms with E-state index in [0.29, 0.717) is 24.4 Å². The van der Waals surface area contributed by atoms with Crippen molar-refractivity contribution in [2.24, 2.45) is 0 Å². The molecule has 1 aromatic carbocycles. The number of carbonyl (C=O) groups is 1. The van der Waals surface area contributed by atoms with Crippen LogP contribution in [0.15, 0.2) is 30.3 Å². The van der Waals surface area contributed by atoms with Gasteiger partial charge in [-0.05, 0) is 17.5 Å². The normalized spacial score (nSPS) is 17.4. The predicted octanol–water partition coefficient (Wildman–Crippen LogP) is 0.0753. The highest BCUT2D eigenvalue weighted by atomic mass is 16.3. The van der Waals surface area contributed by atoms with Gasteiger partial charge in [0.1, 0.15) is 11.5 Å². The van der Waals surface area contributed by atoms with Gasteiger partial charge in [0.25, 0.3) is 5.91 Å². The first-order valence-corrected chi connectivity index (χ1v) is 10.8. The number of hydrogen-bond donors (Lipinski definition) is 4. The molecule has 0 radical (unpaired) electrons. The van der Waals surface area contributed by atoms with Gasteiger partial charge in [0.05, 0.1) is 12.1 Å². The van der Waals surface area contributed by atoms with E-state index in [9.17, 15) is 9.90 Å². The SMILES string of the molecule is CN(C)c1nc(NC2CNC2)cc(C(=O)NC[C@H](O)CN2CCc3ccccc3C2)n1. The van der Waals surface area contributed by atoms with Crippen LogP contribution in [0.2, 0.25) is 0 Å². The number of β-amino-alcohol motifs (C(OH)–C–C–N with tert-alkyl or cyclic N) is 1. The van der Waals surface area contributed by atoms with Gasteiger partial charge in [-0.1, -0.05) is 24.3 Å². The minimum atomic E-state index is -0.650. The molecule has 0 spiro atoms. The minimum absolute atomic E-state index is 0.174. The van der Waals surface area contributed by atoms with E-state index in [1.165, 1.54) is 11.1 Å². The molecule has 31 heavy (non-hydrogen) atoms. The Kier molecular flexibility index (Phi) is 6.64. The lowest BCUT2D eigenvalue weighted by Crippen LogP contribution is -2.51. The van der Waals surface area contributed by atoms with E-state index in [4.69, 9.17) is 0 Å². The van der Waals surface area contributed by atoms with Crippen molar-refractivity contribution < 1.29 is 9.90 Å². The van der Waals surface area contributed by atoms with Gasteiger partial charge in [-0.25, -0.2) is 4.98 Å². The van der Waals surface area contributed by atoms with E-state index < -0.39 is 6.10 Å². The third kappa shape index (κ3) is 5.49. The fraction of sp³-hybridized carbons (Fsp3) is 0.500. The number of rotatable bonds is 8. The molecule has 4 N–H and O–H groups in total. The molecular weight excluding hydrogens is 394 g/mol. The third-order valence-corrected chi connectivity index (χ3v) is 5.66. The molecule has 0 saturated carbocycles. The first-order valence-electron chi connectivity index (χ1n) is 10.8. The Hall–Kier alpha value is -2.75. The molecule has 1 fully saturated rings. The van der Waals surface area contributed by atoms with Crippen molar-refractivity contribution in [3.05, 3.63) is 47.2 Å². The molecule has 2 aliphatic heterocycles. The highest BCUT2D eigenvalue weighted by Crippen LogP contribution is 2.18. The summed E-state index contributed by atoms with van der Waals surface area (Å²) in [5.74, 6) is 0.779. The Morgan fingerprint density at radius 3 is 2.77 bits per heavy atom. The highest BCUT2D eigenvalue weighted by molar-refractivity contribution is 5.93. The standard InChI is InChI=1S/C22H31N7O2/c1-28(2)22-26-19(9-20(27-22)25-17-10-23-11-17)21(31)24-12-18(30)14-29-8-7-15-5-3-4-6-16(15)13-29/h3-6,9,17-18,23,30H,7-8,10-14H2,1-2H3,(H,24,31)(H,25,26,27)/t18-/m0/s1. The number of fused-ring (bicyclic) bond motifs is 1. The van der Waals surface area contributed by atoms with E-state index >= 15 is 0 Å². The number of aromatic nitrogens is 2. The topological polar surface area (TPSA) is 106 Å². The molecule has 166 valence electrons. The van der Waals surface area contributed by atoms with Gasteiger partial charge in [0.2, 0.25) is 5.95 Å². The Morgan fingerprint density at radius 1 is 1.29 bits per heavy atom. The molecule has 4 rings (SSSR count). The van der Waals surface area contributed by atoms with Gasteiger partial charge in [-0.2, -0.15) is 4.98 Å². The molecule has 2 aromatic rings. The van der Waals surface area contributed by atoms with Crippen LogP contribution in [0.5, 0.6) is 0 Å². The van der Waals surface area contributed by atoms with Crippen LogP contribution in [0, 0.1) is 0 Å². The Morgan fingerprint density at radius 2 is 2.06 bits per heavy atom. The summed E-state index contributed by atoms with van der Waals surface area (Å²) >= 11 is 0. The number of aliphatic hydroxyl groups is 1. The van der Waals surface area contributed by atoms with Gasteiger partial charge in [0, 0.05) is 59.4 Å². The van der Waals surface area contributed by atoms with Crippen molar-refractivity contribution in [1.82, 2.24) is 25.5 Å². The van der Waals surface area contributed by atoms with Crippen LogP contribution in [0.1, 0.15) is 21.6 Å². The van der Waals surface area contributed by atoms with Crippen LogP contribution in [0.4, 0.5) is 11.8 Å². The summed E-state index contributed by atoms with van der Waals surface area (Å²) in [6, 6.07) is 10.4. The molecule has 3 heterocycles. The lowest BCUT2D eigenvalue weighted by atomic mass is 10.00. The molecule has 0 bridgehead atoms. The Bertz CT molecular complexity index is 916. The zero-order valence-corrected chi connectivity index (χ0v) is 18.1. The predicted molar refractivity (Wildman–Crippen MR) is 120 cm³/mol. The number of amides is 1. The van der Waals surface area contributed by atoms with E-state index in [1.54, 1.807) is 11.0 Å². The Balaban J connectivity index is 1.32. The van der Waals surface area contributed by atoms with E-state index in [1.807, 2.05) is 20.2 Å². The molecule has 0 unspecified atom stereocenters. The van der Waals surface area contributed by atoms with Crippen molar-refractivity contribution in [2.45, 2.75) is 25.1 Å². The fourth-order valence-electron chi connectivity index (χ4n) is 3.80. The Labute approximate surface area is 182 Å². The molecule has 1 aromatic heterocycles. The van der Waals surface area contributed by atoms with Gasteiger partial charge in [-0.15, -0.1) is 0 Å².